The molecule has 0 spiro atoms. The largest absolute Gasteiger partial charge is 0.394 e. The summed E-state index contributed by atoms with van der Waals surface area (Å²) < 4.78 is 28.4. The van der Waals surface area contributed by atoms with Crippen molar-refractivity contribution >= 4 is 11.8 Å². The van der Waals surface area contributed by atoms with Crippen LogP contribution in [0.1, 0.15) is 20.8 Å². The maximum absolute atomic E-state index is 12.0. The van der Waals surface area contributed by atoms with Gasteiger partial charge in [0.2, 0.25) is 11.8 Å². The van der Waals surface area contributed by atoms with Crippen molar-refractivity contribution in [2.45, 2.75) is 113 Å². The van der Waals surface area contributed by atoms with Crippen molar-refractivity contribution < 1.29 is 74.1 Å². The van der Waals surface area contributed by atoms with E-state index >= 15 is 0 Å². The Labute approximate surface area is 223 Å². The molecule has 0 aromatic heterocycles. The zero-order chi connectivity index (χ0) is 29.2. The van der Waals surface area contributed by atoms with Crippen LogP contribution in [-0.2, 0) is 33.3 Å². The fraction of sp³-hybridized carbons (Fsp3) is 0.909. The molecular weight excluding hydrogens is 532 g/mol. The fourth-order valence-electron chi connectivity index (χ4n) is 4.80. The topological polar surface area (TPSA) is 266 Å². The van der Waals surface area contributed by atoms with Crippen LogP contribution in [0.25, 0.3) is 0 Å². The van der Waals surface area contributed by atoms with Gasteiger partial charge in [0, 0.05) is 13.8 Å². The highest BCUT2D eigenvalue weighted by Crippen LogP contribution is 2.33. The summed E-state index contributed by atoms with van der Waals surface area (Å²) in [5.41, 5.74) is 0. The van der Waals surface area contributed by atoms with E-state index in [0.717, 1.165) is 13.8 Å². The van der Waals surface area contributed by atoms with E-state index in [1.54, 1.807) is 0 Å². The summed E-state index contributed by atoms with van der Waals surface area (Å²) in [6, 6.07) is -2.82. The number of aliphatic hydroxyl groups is 8. The monoisotopic (exact) mass is 570 g/mol. The van der Waals surface area contributed by atoms with Gasteiger partial charge in [-0.15, -0.1) is 0 Å². The predicted molar refractivity (Wildman–Crippen MR) is 123 cm³/mol. The smallest absolute Gasteiger partial charge is 0.217 e. The summed E-state index contributed by atoms with van der Waals surface area (Å²) in [7, 11) is 0. The van der Waals surface area contributed by atoms with E-state index < -0.39 is 117 Å². The van der Waals surface area contributed by atoms with Crippen LogP contribution < -0.4 is 10.6 Å². The molecule has 0 aromatic carbocycles. The molecule has 0 radical (unpaired) electrons. The Kier molecular flexibility index (Phi) is 11.0. The first-order chi connectivity index (χ1) is 18.3. The third-order valence-corrected chi connectivity index (χ3v) is 6.86. The summed E-state index contributed by atoms with van der Waals surface area (Å²) >= 11 is 0. The highest BCUT2D eigenvalue weighted by atomic mass is 16.7. The molecular formula is C22H38N2O15. The molecule has 15 atom stereocenters. The first-order valence-electron chi connectivity index (χ1n) is 12.4. The van der Waals surface area contributed by atoms with Crippen molar-refractivity contribution in [1.82, 2.24) is 10.6 Å². The van der Waals surface area contributed by atoms with Crippen LogP contribution in [-0.4, -0.2) is 158 Å². The summed E-state index contributed by atoms with van der Waals surface area (Å²) in [6.45, 7) is 2.13. The zero-order valence-electron chi connectivity index (χ0n) is 21.5. The predicted octanol–water partition coefficient (Wildman–Crippen LogP) is -6.26. The van der Waals surface area contributed by atoms with Crippen molar-refractivity contribution in [2.75, 3.05) is 13.2 Å². The van der Waals surface area contributed by atoms with E-state index in [9.17, 15) is 50.4 Å². The summed E-state index contributed by atoms with van der Waals surface area (Å²) in [5.74, 6) is -1.28. The minimum absolute atomic E-state index is 0.635. The van der Waals surface area contributed by atoms with Crippen molar-refractivity contribution in [3.05, 3.63) is 0 Å². The number of carbonyl (C=O) groups excluding carboxylic acids is 2. The molecule has 0 aliphatic carbocycles. The van der Waals surface area contributed by atoms with Crippen LogP contribution >= 0.6 is 0 Å². The van der Waals surface area contributed by atoms with E-state index in [1.807, 2.05) is 0 Å². The molecule has 0 saturated carbocycles. The molecule has 0 unspecified atom stereocenters. The minimum Gasteiger partial charge on any atom is -0.394 e. The summed E-state index contributed by atoms with van der Waals surface area (Å²) in [5, 5.41) is 86.7. The number of hydrogen-bond acceptors (Lipinski definition) is 15. The van der Waals surface area contributed by atoms with E-state index in [-0.39, 0.29) is 0 Å². The fourth-order valence-corrected chi connectivity index (χ4v) is 4.80. The molecule has 39 heavy (non-hydrogen) atoms. The summed E-state index contributed by atoms with van der Waals surface area (Å²) in [4.78, 5) is 23.8. The maximum Gasteiger partial charge on any atom is 0.217 e. The standard InChI is InChI=1S/C22H38N2O15/c1-6-13(29)16(32)17(33)22(35-6)39-19-12(24-8(3)28)20(34)36-10(5-26)18(19)38-21-11(23-7(2)27)15(31)14(30)9(4-25)37-21/h6,9-22,25-26,29-34H,4-5H2,1-3H3,(H,23,27)(H,24,28)/t6-,9-,10-,11-,12-,13-,14-,15-,16-,17+,18-,19-,20-,21+,22+/m1/s1. The van der Waals surface area contributed by atoms with Gasteiger partial charge in [-0.25, -0.2) is 0 Å². The molecule has 3 saturated heterocycles. The average Bonchev–Trinajstić information content (AvgIpc) is 2.88. The number of rotatable bonds is 8. The molecule has 10 N–H and O–H groups in total. The number of carbonyl (C=O) groups is 2. The Bertz CT molecular complexity index is 837. The Balaban J connectivity index is 1.98. The lowest BCUT2D eigenvalue weighted by Gasteiger charge is -2.50. The van der Waals surface area contributed by atoms with Crippen molar-refractivity contribution in [3.8, 4) is 0 Å². The van der Waals surface area contributed by atoms with Gasteiger partial charge in [-0.1, -0.05) is 0 Å². The van der Waals surface area contributed by atoms with Crippen LogP contribution in [0.5, 0.6) is 0 Å². The van der Waals surface area contributed by atoms with Gasteiger partial charge in [-0.2, -0.15) is 0 Å². The Morgan fingerprint density at radius 3 is 1.79 bits per heavy atom. The first kappa shape index (κ1) is 31.9. The third kappa shape index (κ3) is 7.02. The molecule has 17 heteroatoms. The minimum atomic E-state index is -1.80. The van der Waals surface area contributed by atoms with Gasteiger partial charge in [0.05, 0.1) is 19.3 Å². The first-order valence-corrected chi connectivity index (χ1v) is 12.4. The highest BCUT2D eigenvalue weighted by molar-refractivity contribution is 5.73. The van der Waals surface area contributed by atoms with Crippen molar-refractivity contribution in [3.63, 3.8) is 0 Å². The number of ether oxygens (including phenoxy) is 5. The third-order valence-electron chi connectivity index (χ3n) is 6.86. The molecule has 3 aliphatic rings. The molecule has 2 amide bonds. The highest BCUT2D eigenvalue weighted by Gasteiger charge is 2.54. The Hall–Kier alpha value is -1.58. The quantitative estimate of drug-likeness (QED) is 0.130. The maximum atomic E-state index is 12.0. The van der Waals surface area contributed by atoms with Crippen LogP contribution in [0.4, 0.5) is 0 Å². The number of amides is 2. The Morgan fingerprint density at radius 2 is 1.23 bits per heavy atom. The van der Waals surface area contributed by atoms with Gasteiger partial charge in [-0.05, 0) is 6.92 Å². The van der Waals surface area contributed by atoms with Crippen molar-refractivity contribution in [1.29, 1.82) is 0 Å². The molecule has 3 rings (SSSR count). The molecule has 3 fully saturated rings. The van der Waals surface area contributed by atoms with Gasteiger partial charge >= 0.3 is 0 Å². The summed E-state index contributed by atoms with van der Waals surface area (Å²) in [6.07, 6.45) is -20.0. The lowest BCUT2D eigenvalue weighted by atomic mass is 9.94. The van der Waals surface area contributed by atoms with E-state index in [4.69, 9.17) is 23.7 Å². The molecule has 0 bridgehead atoms. The SMILES string of the molecule is CC(=O)N[C@@H]1[C@@H](O[C@@H]2O[C@H](C)[C@@H](O)[C@@H](O)[C@@H]2O)[C@H](O[C@@H]2O[C@H](CO)[C@@H](O)[C@H](O)[C@H]2NC(C)=O)[C@@H](CO)O[C@H]1O. The number of hydrogen-bond donors (Lipinski definition) is 10. The van der Waals surface area contributed by atoms with E-state index in [0.29, 0.717) is 0 Å². The van der Waals surface area contributed by atoms with Crippen LogP contribution in [0.2, 0.25) is 0 Å². The van der Waals surface area contributed by atoms with Crippen LogP contribution in [0.15, 0.2) is 0 Å². The number of aliphatic hydroxyl groups excluding tert-OH is 8. The molecule has 3 heterocycles. The number of nitrogens with one attached hydrogen (secondary N) is 2. The van der Waals surface area contributed by atoms with Crippen molar-refractivity contribution in [2.24, 2.45) is 0 Å². The molecule has 0 aromatic rings. The zero-order valence-corrected chi connectivity index (χ0v) is 21.5. The van der Waals surface area contributed by atoms with Gasteiger partial charge in [-0.3, -0.25) is 9.59 Å². The van der Waals surface area contributed by atoms with Gasteiger partial charge < -0.3 is 75.2 Å². The second-order valence-electron chi connectivity index (χ2n) is 9.79. The lowest BCUT2D eigenvalue weighted by Crippen LogP contribution is -2.70. The van der Waals surface area contributed by atoms with Crippen LogP contribution in [0.3, 0.4) is 0 Å². The van der Waals surface area contributed by atoms with Gasteiger partial charge in [0.1, 0.15) is 67.0 Å². The van der Waals surface area contributed by atoms with Gasteiger partial charge in [0.15, 0.2) is 18.9 Å². The van der Waals surface area contributed by atoms with Gasteiger partial charge in [0.25, 0.3) is 0 Å². The average molecular weight is 571 g/mol. The van der Waals surface area contributed by atoms with Crippen LogP contribution in [0, 0.1) is 0 Å². The molecule has 17 nitrogen and oxygen atoms in total. The second-order valence-corrected chi connectivity index (χ2v) is 9.79. The lowest BCUT2D eigenvalue weighted by molar-refractivity contribution is -0.362. The normalized spacial score (nSPS) is 46.9. The van der Waals surface area contributed by atoms with E-state index in [1.165, 1.54) is 6.92 Å². The molecule has 226 valence electrons. The van der Waals surface area contributed by atoms with E-state index in [2.05, 4.69) is 10.6 Å². The molecule has 3 aliphatic heterocycles. The Morgan fingerprint density at radius 1 is 0.667 bits per heavy atom. The second kappa shape index (κ2) is 13.4.